The summed E-state index contributed by atoms with van der Waals surface area (Å²) in [5.74, 6) is -0.00648. The van der Waals surface area contributed by atoms with Gasteiger partial charge in [0.05, 0.1) is 5.25 Å². The second-order valence-electron chi connectivity index (χ2n) is 2.60. The van der Waals surface area contributed by atoms with Gasteiger partial charge in [-0.15, -0.1) is 10.2 Å². The molecule has 1 aromatic heterocycles. The molecule has 1 atom stereocenters. The van der Waals surface area contributed by atoms with Gasteiger partial charge in [-0.2, -0.15) is 0 Å². The predicted molar refractivity (Wildman–Crippen MR) is 50.4 cm³/mol. The van der Waals surface area contributed by atoms with Gasteiger partial charge in [0.25, 0.3) is 0 Å². The molecule has 1 unspecified atom stereocenters. The second kappa shape index (κ2) is 4.27. The Balaban J connectivity index is 2.59. The third kappa shape index (κ3) is 2.45. The van der Waals surface area contributed by atoms with Crippen LogP contribution < -0.4 is 5.32 Å². The van der Waals surface area contributed by atoms with E-state index < -0.39 is 0 Å². The van der Waals surface area contributed by atoms with Crippen LogP contribution in [0.4, 0.5) is 0 Å². The predicted octanol–water partition coefficient (Wildman–Crippen LogP) is 0.0417. The van der Waals surface area contributed by atoms with E-state index in [4.69, 9.17) is 0 Å². The Kier molecular flexibility index (Phi) is 3.30. The molecule has 0 bridgehead atoms. The maximum Gasteiger partial charge on any atom is 0.233 e. The Morgan fingerprint density at radius 2 is 2.46 bits per heavy atom. The molecule has 0 aliphatic heterocycles. The molecule has 0 radical (unpaired) electrons. The summed E-state index contributed by atoms with van der Waals surface area (Å²) < 4.78 is 1.78. The van der Waals surface area contributed by atoms with Crippen LogP contribution in [-0.2, 0) is 11.8 Å². The maximum atomic E-state index is 11.2. The zero-order valence-corrected chi connectivity index (χ0v) is 8.63. The van der Waals surface area contributed by atoms with Gasteiger partial charge in [-0.1, -0.05) is 11.8 Å². The highest BCUT2D eigenvalue weighted by Crippen LogP contribution is 2.19. The Bertz CT molecular complexity index is 298. The van der Waals surface area contributed by atoms with Crippen molar-refractivity contribution in [1.29, 1.82) is 0 Å². The molecule has 1 rings (SSSR count). The SMILES string of the molecule is CNC(=O)C(C)Sc1nncn1C. The second-order valence-corrected chi connectivity index (χ2v) is 3.91. The molecule has 1 amide bonds. The van der Waals surface area contributed by atoms with E-state index >= 15 is 0 Å². The molecule has 0 saturated carbocycles. The van der Waals surface area contributed by atoms with Crippen molar-refractivity contribution in [2.75, 3.05) is 7.05 Å². The number of carbonyl (C=O) groups is 1. The van der Waals surface area contributed by atoms with E-state index in [1.165, 1.54) is 11.8 Å². The number of amides is 1. The number of aryl methyl sites for hydroxylation is 1. The molecule has 0 saturated heterocycles. The molecule has 0 fully saturated rings. The van der Waals surface area contributed by atoms with Gasteiger partial charge in [-0.05, 0) is 6.92 Å². The molecule has 1 N–H and O–H groups in total. The van der Waals surface area contributed by atoms with Crippen molar-refractivity contribution >= 4 is 17.7 Å². The lowest BCUT2D eigenvalue weighted by Crippen LogP contribution is -2.27. The van der Waals surface area contributed by atoms with Gasteiger partial charge in [0.1, 0.15) is 6.33 Å². The highest BCUT2D eigenvalue weighted by atomic mass is 32.2. The summed E-state index contributed by atoms with van der Waals surface area (Å²) in [6.45, 7) is 1.83. The smallest absolute Gasteiger partial charge is 0.233 e. The number of aromatic nitrogens is 3. The molecular weight excluding hydrogens is 188 g/mol. The van der Waals surface area contributed by atoms with Crippen LogP contribution in [0.3, 0.4) is 0 Å². The first kappa shape index (κ1) is 10.0. The molecule has 0 aromatic carbocycles. The van der Waals surface area contributed by atoms with Crippen LogP contribution in [0.15, 0.2) is 11.5 Å². The van der Waals surface area contributed by atoms with Gasteiger partial charge in [-0.25, -0.2) is 0 Å². The Hall–Kier alpha value is -1.04. The van der Waals surface area contributed by atoms with Crippen LogP contribution in [0.5, 0.6) is 0 Å². The Labute approximate surface area is 80.9 Å². The molecule has 13 heavy (non-hydrogen) atoms. The molecule has 5 nitrogen and oxygen atoms in total. The van der Waals surface area contributed by atoms with E-state index in [1.54, 1.807) is 17.9 Å². The first-order valence-corrected chi connectivity index (χ1v) is 4.75. The average Bonchev–Trinajstić information content (AvgIpc) is 2.50. The van der Waals surface area contributed by atoms with Crippen LogP contribution >= 0.6 is 11.8 Å². The lowest BCUT2D eigenvalue weighted by atomic mass is 10.4. The minimum Gasteiger partial charge on any atom is -0.358 e. The quantitative estimate of drug-likeness (QED) is 0.700. The van der Waals surface area contributed by atoms with Gasteiger partial charge in [0.15, 0.2) is 5.16 Å². The van der Waals surface area contributed by atoms with Gasteiger partial charge < -0.3 is 9.88 Å². The minimum atomic E-state index is -0.145. The summed E-state index contributed by atoms with van der Waals surface area (Å²) in [6.07, 6.45) is 1.61. The van der Waals surface area contributed by atoms with Crippen molar-refractivity contribution in [1.82, 2.24) is 20.1 Å². The summed E-state index contributed by atoms with van der Waals surface area (Å²) in [6, 6.07) is 0. The molecule has 72 valence electrons. The molecule has 0 aliphatic carbocycles. The number of nitrogens with zero attached hydrogens (tertiary/aromatic N) is 3. The van der Waals surface area contributed by atoms with E-state index in [1.807, 2.05) is 14.0 Å². The van der Waals surface area contributed by atoms with Crippen molar-refractivity contribution < 1.29 is 4.79 Å². The molecule has 1 heterocycles. The zero-order chi connectivity index (χ0) is 9.84. The number of nitrogens with one attached hydrogen (secondary N) is 1. The van der Waals surface area contributed by atoms with E-state index in [9.17, 15) is 4.79 Å². The standard InChI is InChI=1S/C7H12N4OS/c1-5(6(12)8-2)13-7-10-9-4-11(7)3/h4-5H,1-3H3,(H,8,12). The fourth-order valence-corrected chi connectivity index (χ4v) is 1.64. The van der Waals surface area contributed by atoms with E-state index in [2.05, 4.69) is 15.5 Å². The lowest BCUT2D eigenvalue weighted by molar-refractivity contribution is -0.119. The van der Waals surface area contributed by atoms with E-state index in [-0.39, 0.29) is 11.2 Å². The van der Waals surface area contributed by atoms with Crippen molar-refractivity contribution in [3.05, 3.63) is 6.33 Å². The number of carbonyl (C=O) groups excluding carboxylic acids is 1. The van der Waals surface area contributed by atoms with Crippen LogP contribution in [0.2, 0.25) is 0 Å². The first-order chi connectivity index (χ1) is 6.15. The van der Waals surface area contributed by atoms with E-state index in [0.717, 1.165) is 5.16 Å². The molecule has 0 aliphatic rings. The number of thioether (sulfide) groups is 1. The third-order valence-corrected chi connectivity index (χ3v) is 2.72. The van der Waals surface area contributed by atoms with Crippen molar-refractivity contribution in [3.8, 4) is 0 Å². The normalized spacial score (nSPS) is 12.5. The molecule has 0 spiro atoms. The number of rotatable bonds is 3. The summed E-state index contributed by atoms with van der Waals surface area (Å²) in [5, 5.41) is 10.8. The molecular formula is C7H12N4OS. The van der Waals surface area contributed by atoms with Crippen molar-refractivity contribution in [3.63, 3.8) is 0 Å². The van der Waals surface area contributed by atoms with Gasteiger partial charge >= 0.3 is 0 Å². The van der Waals surface area contributed by atoms with Gasteiger partial charge in [-0.3, -0.25) is 4.79 Å². The monoisotopic (exact) mass is 200 g/mol. The summed E-state index contributed by atoms with van der Waals surface area (Å²) >= 11 is 1.39. The average molecular weight is 200 g/mol. The van der Waals surface area contributed by atoms with Crippen LogP contribution in [0.25, 0.3) is 0 Å². The minimum absolute atomic E-state index is 0.00648. The maximum absolute atomic E-state index is 11.2. The van der Waals surface area contributed by atoms with Crippen molar-refractivity contribution in [2.24, 2.45) is 7.05 Å². The van der Waals surface area contributed by atoms with Crippen LogP contribution in [0, 0.1) is 0 Å². The highest BCUT2D eigenvalue weighted by Gasteiger charge is 2.14. The zero-order valence-electron chi connectivity index (χ0n) is 7.81. The highest BCUT2D eigenvalue weighted by molar-refractivity contribution is 8.00. The van der Waals surface area contributed by atoms with Crippen molar-refractivity contribution in [2.45, 2.75) is 17.3 Å². The van der Waals surface area contributed by atoms with Crippen LogP contribution in [0.1, 0.15) is 6.92 Å². The summed E-state index contributed by atoms with van der Waals surface area (Å²) in [7, 11) is 3.47. The Morgan fingerprint density at radius 3 is 2.92 bits per heavy atom. The fraction of sp³-hybridized carbons (Fsp3) is 0.571. The van der Waals surface area contributed by atoms with Crippen LogP contribution in [-0.4, -0.2) is 33.0 Å². The summed E-state index contributed by atoms with van der Waals surface area (Å²) in [5.41, 5.74) is 0. The van der Waals surface area contributed by atoms with E-state index in [0.29, 0.717) is 0 Å². The Morgan fingerprint density at radius 1 is 1.77 bits per heavy atom. The first-order valence-electron chi connectivity index (χ1n) is 3.87. The lowest BCUT2D eigenvalue weighted by Gasteiger charge is -2.07. The summed E-state index contributed by atoms with van der Waals surface area (Å²) in [4.78, 5) is 11.2. The third-order valence-electron chi connectivity index (χ3n) is 1.57. The van der Waals surface area contributed by atoms with Gasteiger partial charge in [0.2, 0.25) is 5.91 Å². The van der Waals surface area contributed by atoms with Gasteiger partial charge in [0, 0.05) is 14.1 Å². The number of hydrogen-bond donors (Lipinski definition) is 1. The largest absolute Gasteiger partial charge is 0.358 e. The topological polar surface area (TPSA) is 59.8 Å². The fourth-order valence-electron chi connectivity index (χ4n) is 0.794. The number of hydrogen-bond acceptors (Lipinski definition) is 4. The molecule has 6 heteroatoms. The molecule has 1 aromatic rings.